The average Bonchev–Trinajstić information content (AvgIpc) is 2.98. The molecule has 0 spiro atoms. The molecular formula is C19H18F2N4O. The highest BCUT2D eigenvalue weighted by Crippen LogP contribution is 2.25. The van der Waals surface area contributed by atoms with Crippen molar-refractivity contribution in [1.29, 1.82) is 0 Å². The van der Waals surface area contributed by atoms with Crippen LogP contribution >= 0.6 is 0 Å². The fraction of sp³-hybridized carbons (Fsp3) is 0.158. The van der Waals surface area contributed by atoms with Crippen LogP contribution in [0.2, 0.25) is 0 Å². The van der Waals surface area contributed by atoms with E-state index < -0.39 is 12.3 Å². The van der Waals surface area contributed by atoms with E-state index in [0.29, 0.717) is 11.3 Å². The molecule has 1 heterocycles. The Morgan fingerprint density at radius 1 is 1.08 bits per heavy atom. The van der Waals surface area contributed by atoms with Crippen LogP contribution in [0.5, 0.6) is 0 Å². The van der Waals surface area contributed by atoms with Crippen LogP contribution < -0.4 is 10.6 Å². The number of rotatable bonds is 5. The molecule has 0 bridgehead atoms. The topological polar surface area (TPSA) is 59.0 Å². The predicted molar refractivity (Wildman–Crippen MR) is 97.0 cm³/mol. The average molecular weight is 356 g/mol. The zero-order chi connectivity index (χ0) is 18.7. The summed E-state index contributed by atoms with van der Waals surface area (Å²) in [6, 6.07) is 15.9. The lowest BCUT2D eigenvalue weighted by molar-refractivity contribution is 0.102. The van der Waals surface area contributed by atoms with Crippen molar-refractivity contribution in [1.82, 2.24) is 9.78 Å². The number of carbonyl (C=O) groups excluding carboxylic acids is 1. The first-order valence-electron chi connectivity index (χ1n) is 8.01. The molecule has 0 aliphatic carbocycles. The van der Waals surface area contributed by atoms with Gasteiger partial charge in [0.1, 0.15) is 11.5 Å². The number of aromatic nitrogens is 2. The predicted octanol–water partition coefficient (Wildman–Crippen LogP) is 4.66. The van der Waals surface area contributed by atoms with E-state index in [1.54, 1.807) is 18.2 Å². The number of halogens is 2. The molecule has 0 saturated heterocycles. The Balaban J connectivity index is 1.85. The summed E-state index contributed by atoms with van der Waals surface area (Å²) in [6.45, 7) is 1.96. The summed E-state index contributed by atoms with van der Waals surface area (Å²) in [5.74, 6) is -0.207. The van der Waals surface area contributed by atoms with Gasteiger partial charge in [-0.25, -0.2) is 8.78 Å². The molecule has 1 aromatic heterocycles. The third kappa shape index (κ3) is 3.72. The Hall–Kier alpha value is -3.22. The number of aryl methyl sites for hydroxylation is 2. The molecular weight excluding hydrogens is 338 g/mol. The smallest absolute Gasteiger partial charge is 0.282 e. The number of para-hydroxylation sites is 2. The molecule has 0 unspecified atom stereocenters. The molecule has 5 nitrogen and oxygen atoms in total. The van der Waals surface area contributed by atoms with Crippen LogP contribution in [-0.2, 0) is 7.05 Å². The van der Waals surface area contributed by atoms with Crippen molar-refractivity contribution in [3.63, 3.8) is 0 Å². The van der Waals surface area contributed by atoms with Crippen molar-refractivity contribution in [3.8, 4) is 0 Å². The van der Waals surface area contributed by atoms with Crippen LogP contribution in [-0.4, -0.2) is 15.7 Å². The molecule has 3 aromatic rings. The minimum atomic E-state index is -2.69. The molecule has 26 heavy (non-hydrogen) atoms. The van der Waals surface area contributed by atoms with Crippen LogP contribution in [0.4, 0.5) is 26.0 Å². The van der Waals surface area contributed by atoms with Crippen molar-refractivity contribution >= 4 is 23.1 Å². The molecule has 0 atom stereocenters. The highest BCUT2D eigenvalue weighted by molar-refractivity contribution is 6.08. The Morgan fingerprint density at radius 2 is 1.73 bits per heavy atom. The monoisotopic (exact) mass is 356 g/mol. The van der Waals surface area contributed by atoms with Gasteiger partial charge in [-0.1, -0.05) is 30.3 Å². The number of carbonyl (C=O) groups is 1. The van der Waals surface area contributed by atoms with E-state index in [2.05, 4.69) is 15.7 Å². The number of alkyl halides is 2. The van der Waals surface area contributed by atoms with Crippen molar-refractivity contribution in [2.24, 2.45) is 7.05 Å². The lowest BCUT2D eigenvalue weighted by Gasteiger charge is -2.13. The van der Waals surface area contributed by atoms with E-state index in [4.69, 9.17) is 0 Å². The number of benzene rings is 2. The summed E-state index contributed by atoms with van der Waals surface area (Å²) in [5, 5.41) is 9.57. The molecule has 0 aliphatic heterocycles. The second-order valence-electron chi connectivity index (χ2n) is 5.82. The molecule has 0 saturated carbocycles. The third-order valence-corrected chi connectivity index (χ3v) is 3.95. The fourth-order valence-electron chi connectivity index (χ4n) is 2.55. The van der Waals surface area contributed by atoms with Crippen molar-refractivity contribution in [2.45, 2.75) is 13.3 Å². The van der Waals surface area contributed by atoms with Gasteiger partial charge < -0.3 is 10.6 Å². The lowest BCUT2D eigenvalue weighted by Crippen LogP contribution is -2.16. The largest absolute Gasteiger partial charge is 0.355 e. The Labute approximate surface area is 149 Å². The maximum Gasteiger partial charge on any atom is 0.282 e. The normalized spacial score (nSPS) is 10.8. The summed E-state index contributed by atoms with van der Waals surface area (Å²) >= 11 is 0. The summed E-state index contributed by atoms with van der Waals surface area (Å²) in [7, 11) is 1.50. The number of anilines is 3. The highest BCUT2D eigenvalue weighted by Gasteiger charge is 2.17. The van der Waals surface area contributed by atoms with Gasteiger partial charge in [0.05, 0.1) is 11.3 Å². The fourth-order valence-corrected chi connectivity index (χ4v) is 2.55. The maximum absolute atomic E-state index is 12.8. The van der Waals surface area contributed by atoms with Crippen LogP contribution in [0, 0.1) is 6.92 Å². The van der Waals surface area contributed by atoms with Gasteiger partial charge in [0.25, 0.3) is 12.3 Å². The summed E-state index contributed by atoms with van der Waals surface area (Å²) in [6.07, 6.45) is -2.69. The van der Waals surface area contributed by atoms with Gasteiger partial charge in [0.15, 0.2) is 0 Å². The number of hydrogen-bond donors (Lipinski definition) is 2. The molecule has 2 aromatic carbocycles. The van der Waals surface area contributed by atoms with E-state index in [1.807, 2.05) is 37.3 Å². The number of amides is 1. The molecule has 0 radical (unpaired) electrons. The standard InChI is InChI=1S/C19H18F2N4O/c1-12-7-3-5-9-14(12)22-15-10-6-4-8-13(15)19(26)23-17-11-16(18(20)21)24-25(17)2/h3-11,18,22H,1-2H3,(H,23,26). The number of nitrogens with one attached hydrogen (secondary N) is 2. The molecule has 0 aliphatic rings. The molecule has 0 fully saturated rings. The number of nitrogens with zero attached hydrogens (tertiary/aromatic N) is 2. The molecule has 2 N–H and O–H groups in total. The van der Waals surface area contributed by atoms with Crippen LogP contribution in [0.3, 0.4) is 0 Å². The minimum Gasteiger partial charge on any atom is -0.355 e. The SMILES string of the molecule is Cc1ccccc1Nc1ccccc1C(=O)Nc1cc(C(F)F)nn1C. The first-order valence-corrected chi connectivity index (χ1v) is 8.01. The van der Waals surface area contributed by atoms with E-state index in [1.165, 1.54) is 17.8 Å². The Morgan fingerprint density at radius 3 is 2.38 bits per heavy atom. The van der Waals surface area contributed by atoms with Gasteiger partial charge in [0.2, 0.25) is 0 Å². The zero-order valence-electron chi connectivity index (χ0n) is 14.3. The van der Waals surface area contributed by atoms with E-state index in [9.17, 15) is 13.6 Å². The van der Waals surface area contributed by atoms with Gasteiger partial charge in [-0.2, -0.15) is 5.10 Å². The van der Waals surface area contributed by atoms with Crippen LogP contribution in [0.15, 0.2) is 54.6 Å². The highest BCUT2D eigenvalue weighted by atomic mass is 19.3. The zero-order valence-corrected chi connectivity index (χ0v) is 14.3. The van der Waals surface area contributed by atoms with Gasteiger partial charge in [0, 0.05) is 18.8 Å². The van der Waals surface area contributed by atoms with E-state index in [0.717, 1.165) is 11.3 Å². The van der Waals surface area contributed by atoms with Crippen LogP contribution in [0.1, 0.15) is 28.0 Å². The quantitative estimate of drug-likeness (QED) is 0.699. The molecule has 3 rings (SSSR count). The summed E-state index contributed by atoms with van der Waals surface area (Å²) < 4.78 is 26.8. The Bertz CT molecular complexity index is 937. The molecule has 7 heteroatoms. The lowest BCUT2D eigenvalue weighted by atomic mass is 10.1. The van der Waals surface area contributed by atoms with Gasteiger partial charge >= 0.3 is 0 Å². The second kappa shape index (κ2) is 7.35. The molecule has 1 amide bonds. The minimum absolute atomic E-state index is 0.205. The first kappa shape index (κ1) is 17.6. The third-order valence-electron chi connectivity index (χ3n) is 3.95. The van der Waals surface area contributed by atoms with Crippen LogP contribution in [0.25, 0.3) is 0 Å². The van der Waals surface area contributed by atoms with Crippen molar-refractivity contribution in [2.75, 3.05) is 10.6 Å². The van der Waals surface area contributed by atoms with E-state index in [-0.39, 0.29) is 11.5 Å². The first-order chi connectivity index (χ1) is 12.5. The number of hydrogen-bond acceptors (Lipinski definition) is 3. The van der Waals surface area contributed by atoms with Gasteiger partial charge in [-0.3, -0.25) is 9.48 Å². The maximum atomic E-state index is 12.8. The van der Waals surface area contributed by atoms with Gasteiger partial charge in [-0.05, 0) is 30.7 Å². The van der Waals surface area contributed by atoms with Gasteiger partial charge in [-0.15, -0.1) is 0 Å². The summed E-state index contributed by atoms with van der Waals surface area (Å²) in [4.78, 5) is 12.7. The summed E-state index contributed by atoms with van der Waals surface area (Å²) in [5.41, 5.74) is 2.56. The second-order valence-corrected chi connectivity index (χ2v) is 5.82. The van der Waals surface area contributed by atoms with E-state index >= 15 is 0 Å². The Kier molecular flexibility index (Phi) is 4.97. The van der Waals surface area contributed by atoms with Crippen molar-refractivity contribution in [3.05, 3.63) is 71.4 Å². The molecule has 134 valence electrons. The van der Waals surface area contributed by atoms with Crippen molar-refractivity contribution < 1.29 is 13.6 Å².